The van der Waals surface area contributed by atoms with Crippen LogP contribution in [0.5, 0.6) is 11.5 Å². The van der Waals surface area contributed by atoms with Crippen LogP contribution in [-0.4, -0.2) is 31.0 Å². The van der Waals surface area contributed by atoms with Crippen molar-refractivity contribution in [2.45, 2.75) is 6.54 Å². The number of carbonyl (C=O) groups is 1. The highest BCUT2D eigenvalue weighted by Crippen LogP contribution is 2.19. The van der Waals surface area contributed by atoms with E-state index in [-0.39, 0.29) is 23.8 Å². The number of carbonyl (C=O) groups excluding carboxylic acids is 1. The zero-order valence-electron chi connectivity index (χ0n) is 11.5. The predicted octanol–water partition coefficient (Wildman–Crippen LogP) is 2.24. The average Bonchev–Trinajstić information content (AvgIpc) is 2.97. The normalized spacial score (nSPS) is 10.5. The Labute approximate surface area is 126 Å². The monoisotopic (exact) mass is 295 g/mol. The number of Topliss-reactive ketones (excluding diaryl/α,β-unsaturated/α-hetero) is 1. The SMILES string of the molecule is O=C(Cn1cc(-c2ccc(O)cc2)nn1)c1ccc(O)cc1. The van der Waals surface area contributed by atoms with E-state index in [0.29, 0.717) is 11.3 Å². The van der Waals surface area contributed by atoms with Gasteiger partial charge in [0.15, 0.2) is 5.78 Å². The van der Waals surface area contributed by atoms with Gasteiger partial charge in [-0.2, -0.15) is 0 Å². The topological polar surface area (TPSA) is 88.2 Å². The molecule has 0 aliphatic heterocycles. The van der Waals surface area contributed by atoms with Gasteiger partial charge in [0.25, 0.3) is 0 Å². The van der Waals surface area contributed by atoms with Crippen molar-refractivity contribution in [3.8, 4) is 22.8 Å². The van der Waals surface area contributed by atoms with Gasteiger partial charge in [0.05, 0.1) is 6.20 Å². The molecule has 2 aromatic carbocycles. The van der Waals surface area contributed by atoms with Crippen LogP contribution in [-0.2, 0) is 6.54 Å². The highest BCUT2D eigenvalue weighted by atomic mass is 16.3. The van der Waals surface area contributed by atoms with Crippen molar-refractivity contribution in [2.24, 2.45) is 0 Å². The highest BCUT2D eigenvalue weighted by Gasteiger charge is 2.10. The van der Waals surface area contributed by atoms with E-state index >= 15 is 0 Å². The van der Waals surface area contributed by atoms with E-state index < -0.39 is 0 Å². The first-order valence-electron chi connectivity index (χ1n) is 6.63. The van der Waals surface area contributed by atoms with E-state index in [1.54, 1.807) is 42.6 Å². The fourth-order valence-electron chi connectivity index (χ4n) is 2.03. The molecule has 0 aliphatic rings. The number of phenols is 2. The van der Waals surface area contributed by atoms with Crippen LogP contribution >= 0.6 is 0 Å². The van der Waals surface area contributed by atoms with Gasteiger partial charge in [-0.05, 0) is 48.5 Å². The molecule has 0 amide bonds. The Morgan fingerprint density at radius 3 is 2.18 bits per heavy atom. The van der Waals surface area contributed by atoms with Crippen LogP contribution in [0.3, 0.4) is 0 Å². The van der Waals surface area contributed by atoms with Crippen LogP contribution in [0.4, 0.5) is 0 Å². The lowest BCUT2D eigenvalue weighted by atomic mass is 10.1. The lowest BCUT2D eigenvalue weighted by molar-refractivity contribution is 0.0967. The number of aromatic hydroxyl groups is 2. The minimum atomic E-state index is -0.123. The molecule has 3 rings (SSSR count). The molecule has 2 N–H and O–H groups in total. The Hall–Kier alpha value is -3.15. The Bertz CT molecular complexity index is 792. The lowest BCUT2D eigenvalue weighted by Crippen LogP contribution is -2.10. The van der Waals surface area contributed by atoms with E-state index in [1.165, 1.54) is 16.8 Å². The number of rotatable bonds is 4. The predicted molar refractivity (Wildman–Crippen MR) is 79.6 cm³/mol. The minimum absolute atomic E-state index is 0.0653. The Kier molecular flexibility index (Phi) is 3.57. The highest BCUT2D eigenvalue weighted by molar-refractivity contribution is 5.95. The van der Waals surface area contributed by atoms with Crippen molar-refractivity contribution < 1.29 is 15.0 Å². The van der Waals surface area contributed by atoms with Gasteiger partial charge in [0.2, 0.25) is 0 Å². The number of hydrogen-bond acceptors (Lipinski definition) is 5. The Morgan fingerprint density at radius 2 is 1.55 bits per heavy atom. The molecule has 0 saturated carbocycles. The van der Waals surface area contributed by atoms with Crippen LogP contribution in [0.15, 0.2) is 54.7 Å². The molecule has 110 valence electrons. The maximum absolute atomic E-state index is 12.1. The van der Waals surface area contributed by atoms with Crippen molar-refractivity contribution >= 4 is 5.78 Å². The molecule has 6 heteroatoms. The standard InChI is InChI=1S/C16H13N3O3/c20-13-5-1-11(2-6-13)15-9-19(18-17-15)10-16(22)12-3-7-14(21)8-4-12/h1-9,20-21H,10H2. The van der Waals surface area contributed by atoms with Gasteiger partial charge in [0.1, 0.15) is 23.7 Å². The summed E-state index contributed by atoms with van der Waals surface area (Å²) in [5.74, 6) is 0.174. The van der Waals surface area contributed by atoms with Crippen LogP contribution in [0.25, 0.3) is 11.3 Å². The molecule has 6 nitrogen and oxygen atoms in total. The summed E-state index contributed by atoms with van der Waals surface area (Å²) in [4.78, 5) is 12.1. The lowest BCUT2D eigenvalue weighted by Gasteiger charge is -2.01. The van der Waals surface area contributed by atoms with Crippen LogP contribution in [0.2, 0.25) is 0 Å². The molecule has 22 heavy (non-hydrogen) atoms. The molecule has 0 aliphatic carbocycles. The first-order valence-corrected chi connectivity index (χ1v) is 6.63. The molecule has 1 aromatic heterocycles. The van der Waals surface area contributed by atoms with E-state index in [1.807, 2.05) is 0 Å². The summed E-state index contributed by atoms with van der Waals surface area (Å²) < 4.78 is 1.46. The second kappa shape index (κ2) is 5.69. The second-order valence-electron chi connectivity index (χ2n) is 4.82. The number of benzene rings is 2. The van der Waals surface area contributed by atoms with Gasteiger partial charge in [0, 0.05) is 11.1 Å². The molecule has 0 radical (unpaired) electrons. The summed E-state index contributed by atoms with van der Waals surface area (Å²) in [7, 11) is 0. The van der Waals surface area contributed by atoms with E-state index in [0.717, 1.165) is 5.56 Å². The maximum atomic E-state index is 12.1. The third-order valence-corrected chi connectivity index (χ3v) is 3.20. The third kappa shape index (κ3) is 2.95. The number of hydrogen-bond donors (Lipinski definition) is 2. The summed E-state index contributed by atoms with van der Waals surface area (Å²) in [5, 5.41) is 26.4. The molecule has 0 unspecified atom stereocenters. The molecule has 3 aromatic rings. The molecule has 0 fully saturated rings. The maximum Gasteiger partial charge on any atom is 0.184 e. The van der Waals surface area contributed by atoms with E-state index in [9.17, 15) is 15.0 Å². The molecular weight excluding hydrogens is 282 g/mol. The molecule has 0 saturated heterocycles. The van der Waals surface area contributed by atoms with Crippen molar-refractivity contribution in [2.75, 3.05) is 0 Å². The van der Waals surface area contributed by atoms with Crippen molar-refractivity contribution in [1.29, 1.82) is 0 Å². The van der Waals surface area contributed by atoms with Gasteiger partial charge >= 0.3 is 0 Å². The minimum Gasteiger partial charge on any atom is -0.508 e. The first-order chi connectivity index (χ1) is 10.6. The summed E-state index contributed by atoms with van der Waals surface area (Å²) in [6.07, 6.45) is 1.67. The smallest absolute Gasteiger partial charge is 0.184 e. The largest absolute Gasteiger partial charge is 0.508 e. The Balaban J connectivity index is 1.75. The molecule has 0 bridgehead atoms. The number of nitrogens with zero attached hydrogens (tertiary/aromatic N) is 3. The summed E-state index contributed by atoms with van der Waals surface area (Å²) in [6.45, 7) is 0.0653. The third-order valence-electron chi connectivity index (χ3n) is 3.20. The van der Waals surface area contributed by atoms with Crippen molar-refractivity contribution in [1.82, 2.24) is 15.0 Å². The Morgan fingerprint density at radius 1 is 0.955 bits per heavy atom. The summed E-state index contributed by atoms with van der Waals surface area (Å²) in [5.41, 5.74) is 1.93. The number of aromatic nitrogens is 3. The fraction of sp³-hybridized carbons (Fsp3) is 0.0625. The van der Waals surface area contributed by atoms with Gasteiger partial charge < -0.3 is 10.2 Å². The van der Waals surface area contributed by atoms with Gasteiger partial charge in [-0.15, -0.1) is 5.10 Å². The molecular formula is C16H13N3O3. The van der Waals surface area contributed by atoms with Crippen molar-refractivity contribution in [3.63, 3.8) is 0 Å². The first kappa shape index (κ1) is 13.8. The fourth-order valence-corrected chi connectivity index (χ4v) is 2.03. The molecule has 0 spiro atoms. The summed E-state index contributed by atoms with van der Waals surface area (Å²) >= 11 is 0. The van der Waals surface area contributed by atoms with E-state index in [2.05, 4.69) is 10.3 Å². The number of ketones is 1. The second-order valence-corrected chi connectivity index (χ2v) is 4.82. The van der Waals surface area contributed by atoms with E-state index in [4.69, 9.17) is 0 Å². The van der Waals surface area contributed by atoms with Gasteiger partial charge in [-0.1, -0.05) is 5.21 Å². The van der Waals surface area contributed by atoms with Crippen LogP contribution < -0.4 is 0 Å². The zero-order chi connectivity index (χ0) is 15.5. The van der Waals surface area contributed by atoms with Crippen molar-refractivity contribution in [3.05, 3.63) is 60.3 Å². The molecule has 0 atom stereocenters. The summed E-state index contributed by atoms with van der Waals surface area (Å²) in [6, 6.07) is 12.7. The number of phenolic OH excluding ortho intramolecular Hbond substituents is 2. The van der Waals surface area contributed by atoms with Crippen LogP contribution in [0.1, 0.15) is 10.4 Å². The van der Waals surface area contributed by atoms with Gasteiger partial charge in [-0.25, -0.2) is 4.68 Å². The van der Waals surface area contributed by atoms with Crippen LogP contribution in [0, 0.1) is 0 Å². The average molecular weight is 295 g/mol. The molecule has 1 heterocycles. The quantitative estimate of drug-likeness (QED) is 0.721. The zero-order valence-corrected chi connectivity index (χ0v) is 11.5. The van der Waals surface area contributed by atoms with Gasteiger partial charge in [-0.3, -0.25) is 4.79 Å².